The van der Waals surface area contributed by atoms with Crippen LogP contribution in [0.3, 0.4) is 0 Å². The van der Waals surface area contributed by atoms with Gasteiger partial charge >= 0.3 is 5.69 Å². The van der Waals surface area contributed by atoms with Crippen LogP contribution in [-0.4, -0.2) is 24.8 Å². The molecule has 0 spiro atoms. The predicted molar refractivity (Wildman–Crippen MR) is 118 cm³/mol. The molecule has 0 aliphatic heterocycles. The SMILES string of the molecule is C=C(C)Cn1c(N/N=C(C)/C=C/c2ccccc2Cl)nc2c1c(=O)[nH]c(=O)n2C. The molecule has 0 radical (unpaired) electrons. The minimum absolute atomic E-state index is 0.266. The second-order valence-electron chi connectivity index (χ2n) is 6.69. The summed E-state index contributed by atoms with van der Waals surface area (Å²) in [6, 6.07) is 7.48. The number of aromatic nitrogens is 4. The number of hydrogen-bond acceptors (Lipinski definition) is 5. The Hall–Kier alpha value is -3.39. The van der Waals surface area contributed by atoms with Gasteiger partial charge < -0.3 is 0 Å². The number of imidazole rings is 1. The molecule has 0 unspecified atom stereocenters. The number of nitrogens with zero attached hydrogens (tertiary/aromatic N) is 4. The Balaban J connectivity index is 1.98. The Morgan fingerprint density at radius 2 is 2.07 bits per heavy atom. The Morgan fingerprint density at radius 1 is 1.34 bits per heavy atom. The maximum absolute atomic E-state index is 12.4. The zero-order valence-corrected chi connectivity index (χ0v) is 17.1. The van der Waals surface area contributed by atoms with E-state index in [-0.39, 0.29) is 11.2 Å². The second kappa shape index (κ2) is 8.32. The van der Waals surface area contributed by atoms with Crippen LogP contribution in [0, 0.1) is 0 Å². The van der Waals surface area contributed by atoms with E-state index in [1.54, 1.807) is 11.6 Å². The highest BCUT2D eigenvalue weighted by molar-refractivity contribution is 6.32. The van der Waals surface area contributed by atoms with E-state index in [2.05, 4.69) is 27.1 Å². The van der Waals surface area contributed by atoms with Crippen LogP contribution < -0.4 is 16.7 Å². The molecule has 1 aromatic carbocycles. The molecular weight excluding hydrogens is 392 g/mol. The van der Waals surface area contributed by atoms with E-state index < -0.39 is 11.2 Å². The molecule has 9 heteroatoms. The molecule has 0 aliphatic carbocycles. The predicted octanol–water partition coefficient (Wildman–Crippen LogP) is 3.15. The lowest BCUT2D eigenvalue weighted by molar-refractivity contribution is 0.799. The summed E-state index contributed by atoms with van der Waals surface area (Å²) in [5.74, 6) is 0.334. The number of allylic oxidation sites excluding steroid dienone is 2. The van der Waals surface area contributed by atoms with Gasteiger partial charge in [-0.1, -0.05) is 48.0 Å². The van der Waals surface area contributed by atoms with Crippen molar-refractivity contribution in [1.29, 1.82) is 0 Å². The standard InChI is InChI=1S/C20H21ClN6O2/c1-12(2)11-27-16-17(26(4)20(29)23-18(16)28)22-19(27)25-24-13(3)9-10-14-7-5-6-8-15(14)21/h5-10H,1,11H2,2-4H3,(H,22,25)(H,23,28,29)/b10-9+,24-13+. The smallest absolute Gasteiger partial charge is 0.299 e. The topological polar surface area (TPSA) is 97.1 Å². The number of halogens is 1. The summed E-state index contributed by atoms with van der Waals surface area (Å²) in [4.78, 5) is 30.9. The Kier molecular flexibility index (Phi) is 5.84. The summed E-state index contributed by atoms with van der Waals surface area (Å²) in [6.07, 6.45) is 3.66. The lowest BCUT2D eigenvalue weighted by Crippen LogP contribution is -2.29. The zero-order valence-electron chi connectivity index (χ0n) is 16.4. The average Bonchev–Trinajstić information content (AvgIpc) is 3.02. The first-order valence-electron chi connectivity index (χ1n) is 8.84. The molecule has 2 N–H and O–H groups in total. The average molecular weight is 413 g/mol. The molecule has 3 aromatic rings. The van der Waals surface area contributed by atoms with Gasteiger partial charge in [0.25, 0.3) is 5.56 Å². The van der Waals surface area contributed by atoms with Gasteiger partial charge in [0, 0.05) is 18.6 Å². The molecule has 0 saturated heterocycles. The van der Waals surface area contributed by atoms with Crippen molar-refractivity contribution in [2.45, 2.75) is 20.4 Å². The number of H-pyrrole nitrogens is 1. The quantitative estimate of drug-likeness (QED) is 0.369. The summed E-state index contributed by atoms with van der Waals surface area (Å²) >= 11 is 6.15. The van der Waals surface area contributed by atoms with Crippen LogP contribution in [0.4, 0.5) is 5.95 Å². The van der Waals surface area contributed by atoms with Gasteiger partial charge in [-0.15, -0.1) is 0 Å². The molecule has 2 aromatic heterocycles. The molecule has 2 heterocycles. The molecule has 29 heavy (non-hydrogen) atoms. The summed E-state index contributed by atoms with van der Waals surface area (Å²) < 4.78 is 2.93. The summed E-state index contributed by atoms with van der Waals surface area (Å²) in [5.41, 5.74) is 4.74. The lowest BCUT2D eigenvalue weighted by atomic mass is 10.2. The van der Waals surface area contributed by atoms with Gasteiger partial charge in [0.2, 0.25) is 5.95 Å². The monoisotopic (exact) mass is 412 g/mol. The number of aromatic amines is 1. The summed E-state index contributed by atoms with van der Waals surface area (Å²) in [6.45, 7) is 7.90. The van der Waals surface area contributed by atoms with Crippen molar-refractivity contribution in [2.24, 2.45) is 12.1 Å². The normalized spacial score (nSPS) is 12.1. The molecule has 0 fully saturated rings. The van der Waals surface area contributed by atoms with Crippen molar-refractivity contribution in [3.05, 3.63) is 73.9 Å². The minimum atomic E-state index is -0.531. The zero-order chi connectivity index (χ0) is 21.1. The van der Waals surface area contributed by atoms with E-state index in [1.165, 1.54) is 4.57 Å². The van der Waals surface area contributed by atoms with Crippen molar-refractivity contribution in [1.82, 2.24) is 19.1 Å². The number of nitrogens with one attached hydrogen (secondary N) is 2. The van der Waals surface area contributed by atoms with Crippen molar-refractivity contribution < 1.29 is 0 Å². The number of hydrogen-bond donors (Lipinski definition) is 2. The van der Waals surface area contributed by atoms with Crippen molar-refractivity contribution in [3.8, 4) is 0 Å². The van der Waals surface area contributed by atoms with E-state index in [0.29, 0.717) is 23.2 Å². The lowest BCUT2D eigenvalue weighted by Gasteiger charge is -2.07. The fraction of sp³-hybridized carbons (Fsp3) is 0.200. The molecule has 0 saturated carbocycles. The number of anilines is 1. The molecule has 0 amide bonds. The van der Waals surface area contributed by atoms with Gasteiger partial charge in [0.15, 0.2) is 11.2 Å². The highest BCUT2D eigenvalue weighted by Gasteiger charge is 2.17. The Bertz CT molecular complexity index is 1260. The Labute approximate surface area is 171 Å². The van der Waals surface area contributed by atoms with Crippen LogP contribution >= 0.6 is 11.6 Å². The van der Waals surface area contributed by atoms with E-state index in [0.717, 1.165) is 11.1 Å². The van der Waals surface area contributed by atoms with Gasteiger partial charge in [0.05, 0.1) is 5.71 Å². The molecule has 0 aliphatic rings. The van der Waals surface area contributed by atoms with Crippen molar-refractivity contribution >= 4 is 40.5 Å². The van der Waals surface area contributed by atoms with Gasteiger partial charge in [0.1, 0.15) is 0 Å². The maximum Gasteiger partial charge on any atom is 0.329 e. The van der Waals surface area contributed by atoms with Crippen LogP contribution in [0.1, 0.15) is 19.4 Å². The highest BCUT2D eigenvalue weighted by atomic mass is 35.5. The van der Waals surface area contributed by atoms with E-state index in [4.69, 9.17) is 11.6 Å². The van der Waals surface area contributed by atoms with E-state index >= 15 is 0 Å². The van der Waals surface area contributed by atoms with Crippen LogP contribution in [0.25, 0.3) is 17.2 Å². The van der Waals surface area contributed by atoms with Gasteiger partial charge in [-0.25, -0.2) is 10.2 Å². The van der Waals surface area contributed by atoms with Gasteiger partial charge in [-0.2, -0.15) is 10.1 Å². The van der Waals surface area contributed by atoms with Crippen molar-refractivity contribution in [2.75, 3.05) is 5.43 Å². The fourth-order valence-electron chi connectivity index (χ4n) is 2.74. The van der Waals surface area contributed by atoms with Crippen LogP contribution in [0.2, 0.25) is 5.02 Å². The van der Waals surface area contributed by atoms with E-state index in [1.807, 2.05) is 50.3 Å². The number of hydrazone groups is 1. The van der Waals surface area contributed by atoms with Crippen LogP contribution in [-0.2, 0) is 13.6 Å². The molecule has 0 bridgehead atoms. The Morgan fingerprint density at radius 3 is 2.76 bits per heavy atom. The molecule has 0 atom stereocenters. The number of benzene rings is 1. The molecule has 8 nitrogen and oxygen atoms in total. The summed E-state index contributed by atoms with van der Waals surface area (Å²) in [5, 5.41) is 4.95. The number of aryl methyl sites for hydroxylation is 1. The highest BCUT2D eigenvalue weighted by Crippen LogP contribution is 2.18. The largest absolute Gasteiger partial charge is 0.329 e. The summed E-state index contributed by atoms with van der Waals surface area (Å²) in [7, 11) is 1.54. The van der Waals surface area contributed by atoms with E-state index in [9.17, 15) is 9.59 Å². The molecular formula is C20H21ClN6O2. The minimum Gasteiger partial charge on any atom is -0.299 e. The number of fused-ring (bicyclic) bond motifs is 1. The van der Waals surface area contributed by atoms with Gasteiger partial charge in [-0.05, 0) is 31.6 Å². The van der Waals surface area contributed by atoms with Crippen molar-refractivity contribution in [3.63, 3.8) is 0 Å². The number of rotatable bonds is 6. The maximum atomic E-state index is 12.4. The van der Waals surface area contributed by atoms with Crippen LogP contribution in [0.5, 0.6) is 0 Å². The third-order valence-corrected chi connectivity index (χ3v) is 4.52. The third-order valence-electron chi connectivity index (χ3n) is 4.18. The molecule has 150 valence electrons. The first-order chi connectivity index (χ1) is 13.8. The first kappa shape index (κ1) is 20.3. The van der Waals surface area contributed by atoms with Gasteiger partial charge in [-0.3, -0.25) is 18.9 Å². The fourth-order valence-corrected chi connectivity index (χ4v) is 2.94. The first-order valence-corrected chi connectivity index (χ1v) is 9.22. The van der Waals surface area contributed by atoms with Crippen LogP contribution in [0.15, 0.2) is 57.2 Å². The second-order valence-corrected chi connectivity index (χ2v) is 7.10. The third kappa shape index (κ3) is 4.38. The molecule has 3 rings (SSSR count).